The topological polar surface area (TPSA) is 51.8 Å². The lowest BCUT2D eigenvalue weighted by Crippen LogP contribution is -1.98. The fourth-order valence-electron chi connectivity index (χ4n) is 1.77. The lowest BCUT2D eigenvalue weighted by molar-refractivity contribution is 0.875. The van der Waals surface area contributed by atoms with Crippen LogP contribution in [0.1, 0.15) is 24.6 Å². The van der Waals surface area contributed by atoms with E-state index in [0.29, 0.717) is 6.54 Å². The van der Waals surface area contributed by atoms with Crippen molar-refractivity contribution in [1.29, 1.82) is 0 Å². The van der Waals surface area contributed by atoms with Crippen LogP contribution in [0.25, 0.3) is 11.4 Å². The van der Waals surface area contributed by atoms with Gasteiger partial charge in [0.05, 0.1) is 0 Å². The molecular weight excluding hydrogens is 210 g/mol. The van der Waals surface area contributed by atoms with Gasteiger partial charge in [0.2, 0.25) is 0 Å². The number of nitrogens with zero attached hydrogens (tertiary/aromatic N) is 2. The predicted octanol–water partition coefficient (Wildman–Crippen LogP) is 2.55. The molecule has 2 N–H and O–H groups in total. The van der Waals surface area contributed by atoms with Crippen molar-refractivity contribution in [1.82, 2.24) is 9.97 Å². The highest BCUT2D eigenvalue weighted by Gasteiger charge is 2.03. The van der Waals surface area contributed by atoms with Gasteiger partial charge in [0.1, 0.15) is 0 Å². The van der Waals surface area contributed by atoms with Crippen LogP contribution in [-0.2, 0) is 13.0 Å². The highest BCUT2D eigenvalue weighted by atomic mass is 14.9. The van der Waals surface area contributed by atoms with Crippen LogP contribution in [0.15, 0.2) is 36.5 Å². The molecular formula is C14H17N3. The molecule has 0 aliphatic rings. The molecule has 0 radical (unpaired) electrons. The Morgan fingerprint density at radius 3 is 2.88 bits per heavy atom. The quantitative estimate of drug-likeness (QED) is 0.873. The van der Waals surface area contributed by atoms with E-state index < -0.39 is 0 Å². The minimum absolute atomic E-state index is 0.544. The van der Waals surface area contributed by atoms with E-state index in [4.69, 9.17) is 5.73 Å². The number of benzene rings is 1. The van der Waals surface area contributed by atoms with Crippen molar-refractivity contribution in [3.8, 4) is 11.4 Å². The van der Waals surface area contributed by atoms with E-state index in [0.717, 1.165) is 35.5 Å². The van der Waals surface area contributed by atoms with Gasteiger partial charge in [-0.15, -0.1) is 0 Å². The summed E-state index contributed by atoms with van der Waals surface area (Å²) in [5.74, 6) is 0.784. The summed E-state index contributed by atoms with van der Waals surface area (Å²) < 4.78 is 0. The van der Waals surface area contributed by atoms with Crippen molar-refractivity contribution in [2.45, 2.75) is 26.3 Å². The van der Waals surface area contributed by atoms with Gasteiger partial charge in [-0.3, -0.25) is 0 Å². The molecule has 3 nitrogen and oxygen atoms in total. The minimum atomic E-state index is 0.544. The van der Waals surface area contributed by atoms with Crippen LogP contribution in [0.4, 0.5) is 0 Å². The number of hydrogen-bond donors (Lipinski definition) is 1. The second kappa shape index (κ2) is 5.55. The molecule has 0 aliphatic heterocycles. The fourth-order valence-corrected chi connectivity index (χ4v) is 1.77. The minimum Gasteiger partial charge on any atom is -0.326 e. The summed E-state index contributed by atoms with van der Waals surface area (Å²) in [7, 11) is 0. The average Bonchev–Trinajstić information content (AvgIpc) is 2.40. The van der Waals surface area contributed by atoms with Gasteiger partial charge in [-0.25, -0.2) is 9.97 Å². The summed E-state index contributed by atoms with van der Waals surface area (Å²) in [6.45, 7) is 2.69. The average molecular weight is 227 g/mol. The monoisotopic (exact) mass is 227 g/mol. The van der Waals surface area contributed by atoms with Crippen LogP contribution in [0.2, 0.25) is 0 Å². The molecule has 0 saturated heterocycles. The SMILES string of the molecule is CCCc1ccnc(-c2cccc(CN)c2)n1. The molecule has 3 heteroatoms. The molecule has 88 valence electrons. The third-order valence-corrected chi connectivity index (χ3v) is 2.64. The highest BCUT2D eigenvalue weighted by Crippen LogP contribution is 2.16. The molecule has 17 heavy (non-hydrogen) atoms. The van der Waals surface area contributed by atoms with E-state index in [1.165, 1.54) is 0 Å². The fraction of sp³-hybridized carbons (Fsp3) is 0.286. The lowest BCUT2D eigenvalue weighted by atomic mass is 10.1. The van der Waals surface area contributed by atoms with Crippen LogP contribution < -0.4 is 5.73 Å². The Hall–Kier alpha value is -1.74. The van der Waals surface area contributed by atoms with Gasteiger partial charge in [0.15, 0.2) is 5.82 Å². The summed E-state index contributed by atoms with van der Waals surface area (Å²) in [5, 5.41) is 0. The standard InChI is InChI=1S/C14H17N3/c1-2-4-13-7-8-16-14(17-13)12-6-3-5-11(9-12)10-15/h3,5-9H,2,4,10,15H2,1H3. The van der Waals surface area contributed by atoms with Crippen molar-refractivity contribution in [3.05, 3.63) is 47.8 Å². The Morgan fingerprint density at radius 2 is 2.12 bits per heavy atom. The van der Waals surface area contributed by atoms with E-state index in [-0.39, 0.29) is 0 Å². The Morgan fingerprint density at radius 1 is 1.24 bits per heavy atom. The van der Waals surface area contributed by atoms with Gasteiger partial charge in [0.25, 0.3) is 0 Å². The van der Waals surface area contributed by atoms with Crippen molar-refractivity contribution in [3.63, 3.8) is 0 Å². The zero-order chi connectivity index (χ0) is 12.1. The van der Waals surface area contributed by atoms with Crippen LogP contribution in [-0.4, -0.2) is 9.97 Å². The van der Waals surface area contributed by atoms with E-state index in [2.05, 4.69) is 16.9 Å². The molecule has 0 bridgehead atoms. The third kappa shape index (κ3) is 2.88. The van der Waals surface area contributed by atoms with E-state index in [9.17, 15) is 0 Å². The summed E-state index contributed by atoms with van der Waals surface area (Å²) in [6, 6.07) is 10.0. The van der Waals surface area contributed by atoms with Gasteiger partial charge >= 0.3 is 0 Å². The molecule has 0 saturated carbocycles. The maximum Gasteiger partial charge on any atom is 0.159 e. The van der Waals surface area contributed by atoms with Gasteiger partial charge in [-0.1, -0.05) is 31.5 Å². The third-order valence-electron chi connectivity index (χ3n) is 2.64. The smallest absolute Gasteiger partial charge is 0.159 e. The number of aryl methyl sites for hydroxylation is 1. The van der Waals surface area contributed by atoms with Crippen LogP contribution in [0.3, 0.4) is 0 Å². The van der Waals surface area contributed by atoms with Gasteiger partial charge in [-0.05, 0) is 24.1 Å². The molecule has 1 aromatic heterocycles. The van der Waals surface area contributed by atoms with Gasteiger partial charge in [-0.2, -0.15) is 0 Å². The normalized spacial score (nSPS) is 10.5. The predicted molar refractivity (Wildman–Crippen MR) is 69.4 cm³/mol. The van der Waals surface area contributed by atoms with Crippen LogP contribution in [0.5, 0.6) is 0 Å². The molecule has 2 rings (SSSR count). The molecule has 0 fully saturated rings. The van der Waals surface area contributed by atoms with Crippen molar-refractivity contribution in [2.75, 3.05) is 0 Å². The molecule has 1 heterocycles. The molecule has 0 atom stereocenters. The van der Waals surface area contributed by atoms with Crippen LogP contribution in [0, 0.1) is 0 Å². The zero-order valence-electron chi connectivity index (χ0n) is 10.1. The molecule has 0 amide bonds. The first kappa shape index (κ1) is 11.7. The van der Waals surface area contributed by atoms with Gasteiger partial charge in [0, 0.05) is 24.0 Å². The summed E-state index contributed by atoms with van der Waals surface area (Å²) in [4.78, 5) is 8.87. The number of aromatic nitrogens is 2. The number of hydrogen-bond acceptors (Lipinski definition) is 3. The Labute approximate surface area is 102 Å². The zero-order valence-corrected chi connectivity index (χ0v) is 10.1. The first-order valence-electron chi connectivity index (χ1n) is 5.94. The van der Waals surface area contributed by atoms with Crippen molar-refractivity contribution >= 4 is 0 Å². The van der Waals surface area contributed by atoms with Gasteiger partial charge < -0.3 is 5.73 Å². The first-order chi connectivity index (χ1) is 8.33. The molecule has 1 aromatic carbocycles. The second-order valence-electron chi connectivity index (χ2n) is 4.03. The number of nitrogens with two attached hydrogens (primary N) is 1. The van der Waals surface area contributed by atoms with E-state index >= 15 is 0 Å². The Balaban J connectivity index is 2.34. The Kier molecular flexibility index (Phi) is 3.83. The number of rotatable bonds is 4. The summed E-state index contributed by atoms with van der Waals surface area (Å²) in [5.41, 5.74) is 8.86. The van der Waals surface area contributed by atoms with E-state index in [1.807, 2.05) is 36.5 Å². The molecule has 2 aromatic rings. The largest absolute Gasteiger partial charge is 0.326 e. The Bertz CT molecular complexity index is 494. The second-order valence-corrected chi connectivity index (χ2v) is 4.03. The summed E-state index contributed by atoms with van der Waals surface area (Å²) >= 11 is 0. The summed E-state index contributed by atoms with van der Waals surface area (Å²) in [6.07, 6.45) is 3.91. The maximum atomic E-state index is 5.63. The lowest BCUT2D eigenvalue weighted by Gasteiger charge is -2.04. The van der Waals surface area contributed by atoms with Crippen molar-refractivity contribution in [2.24, 2.45) is 5.73 Å². The highest BCUT2D eigenvalue weighted by molar-refractivity contribution is 5.55. The first-order valence-corrected chi connectivity index (χ1v) is 5.94. The molecule has 0 spiro atoms. The van der Waals surface area contributed by atoms with Crippen molar-refractivity contribution < 1.29 is 0 Å². The van der Waals surface area contributed by atoms with E-state index in [1.54, 1.807) is 0 Å². The molecule has 0 aliphatic carbocycles. The maximum absolute atomic E-state index is 5.63. The molecule has 0 unspecified atom stereocenters. The van der Waals surface area contributed by atoms with Crippen LogP contribution >= 0.6 is 0 Å².